The van der Waals surface area contributed by atoms with Gasteiger partial charge in [-0.05, 0) is 46.9 Å². The first-order valence-electron chi connectivity index (χ1n) is 10.5. The number of morpholine rings is 1. The number of aliphatic imine (C=N–C) groups is 1. The molecule has 1 fully saturated rings. The van der Waals surface area contributed by atoms with Crippen molar-refractivity contribution in [2.75, 3.05) is 60.0 Å². The maximum Gasteiger partial charge on any atom is 0.191 e. The highest BCUT2D eigenvalue weighted by Gasteiger charge is 2.28. The number of hydrogen-bond donors (Lipinski definition) is 2. The van der Waals surface area contributed by atoms with E-state index in [0.29, 0.717) is 6.04 Å². The number of nitrogens with one attached hydrogen (secondary N) is 2. The minimum Gasteiger partial charge on any atom is -0.379 e. The van der Waals surface area contributed by atoms with Gasteiger partial charge in [0.1, 0.15) is 0 Å². The summed E-state index contributed by atoms with van der Waals surface area (Å²) in [6.07, 6.45) is 1.01. The van der Waals surface area contributed by atoms with Gasteiger partial charge in [0.05, 0.1) is 19.8 Å². The molecular weight excluding hydrogens is 350 g/mol. The molecule has 158 valence electrons. The Hall–Kier alpha value is -1.63. The molecule has 1 heterocycles. The first-order chi connectivity index (χ1) is 13.4. The quantitative estimate of drug-likeness (QED) is 0.498. The lowest BCUT2D eigenvalue weighted by molar-refractivity contribution is -0.00684. The van der Waals surface area contributed by atoms with E-state index in [2.05, 4.69) is 85.6 Å². The molecule has 0 bridgehead atoms. The Labute approximate surface area is 171 Å². The van der Waals surface area contributed by atoms with Gasteiger partial charge in [0, 0.05) is 37.8 Å². The second-order valence-electron chi connectivity index (χ2n) is 8.30. The van der Waals surface area contributed by atoms with E-state index < -0.39 is 0 Å². The molecule has 0 saturated carbocycles. The number of ether oxygens (including phenoxy) is 1. The van der Waals surface area contributed by atoms with E-state index in [1.165, 1.54) is 5.56 Å². The fourth-order valence-electron chi connectivity index (χ4n) is 3.42. The molecule has 1 atom stereocenters. The van der Waals surface area contributed by atoms with Crippen LogP contribution in [-0.2, 0) is 11.2 Å². The Morgan fingerprint density at radius 3 is 2.46 bits per heavy atom. The van der Waals surface area contributed by atoms with Crippen LogP contribution in [0, 0.1) is 0 Å². The van der Waals surface area contributed by atoms with Gasteiger partial charge in [-0.15, -0.1) is 0 Å². The second kappa shape index (κ2) is 11.4. The second-order valence-corrected chi connectivity index (χ2v) is 8.30. The zero-order valence-electron chi connectivity index (χ0n) is 18.4. The minimum atomic E-state index is 0.0249. The topological polar surface area (TPSA) is 52.1 Å². The summed E-state index contributed by atoms with van der Waals surface area (Å²) in [4.78, 5) is 9.64. The predicted molar refractivity (Wildman–Crippen MR) is 118 cm³/mol. The maximum absolute atomic E-state index is 5.49. The maximum atomic E-state index is 5.49. The van der Waals surface area contributed by atoms with Gasteiger partial charge in [0.25, 0.3) is 0 Å². The average molecular weight is 390 g/mol. The molecule has 6 nitrogen and oxygen atoms in total. The van der Waals surface area contributed by atoms with E-state index in [4.69, 9.17) is 9.73 Å². The summed E-state index contributed by atoms with van der Waals surface area (Å²) < 4.78 is 5.49. The molecule has 1 aromatic rings. The molecule has 1 saturated heterocycles. The fourth-order valence-corrected chi connectivity index (χ4v) is 3.42. The average Bonchev–Trinajstić information content (AvgIpc) is 2.70. The zero-order valence-corrected chi connectivity index (χ0v) is 18.4. The lowest BCUT2D eigenvalue weighted by Crippen LogP contribution is -2.52. The molecule has 0 spiro atoms. The number of likely N-dealkylation sites (N-methyl/N-ethyl adjacent to an activating group) is 1. The van der Waals surface area contributed by atoms with Crippen molar-refractivity contribution < 1.29 is 4.74 Å². The number of benzene rings is 1. The van der Waals surface area contributed by atoms with Gasteiger partial charge in [-0.3, -0.25) is 9.89 Å². The molecule has 0 radical (unpaired) electrons. The lowest BCUT2D eigenvalue weighted by atomic mass is 10.0. The van der Waals surface area contributed by atoms with Crippen LogP contribution >= 0.6 is 0 Å². The fraction of sp³-hybridized carbons (Fsp3) is 0.682. The first-order valence-corrected chi connectivity index (χ1v) is 10.5. The molecule has 0 aliphatic carbocycles. The Bertz CT molecular complexity index is 582. The van der Waals surface area contributed by atoms with Crippen molar-refractivity contribution in [1.29, 1.82) is 0 Å². The van der Waals surface area contributed by atoms with Crippen LogP contribution in [0.25, 0.3) is 0 Å². The smallest absolute Gasteiger partial charge is 0.191 e. The van der Waals surface area contributed by atoms with Crippen LogP contribution in [0.1, 0.15) is 26.3 Å². The Morgan fingerprint density at radius 1 is 1.18 bits per heavy atom. The van der Waals surface area contributed by atoms with Crippen LogP contribution in [0.15, 0.2) is 35.3 Å². The van der Waals surface area contributed by atoms with E-state index in [9.17, 15) is 0 Å². The number of rotatable bonds is 9. The third-order valence-corrected chi connectivity index (χ3v) is 5.39. The van der Waals surface area contributed by atoms with Gasteiger partial charge in [0.2, 0.25) is 0 Å². The van der Waals surface area contributed by atoms with Gasteiger partial charge in [-0.1, -0.05) is 30.3 Å². The predicted octanol–water partition coefficient (Wildman–Crippen LogP) is 1.83. The SMILES string of the molecule is CCNC(=NCC(C)(C)N1CCOCC1)NCC(Cc1ccccc1)N(C)C. The monoisotopic (exact) mass is 389 g/mol. The first kappa shape index (κ1) is 22.7. The summed E-state index contributed by atoms with van der Waals surface area (Å²) in [5, 5.41) is 6.95. The van der Waals surface area contributed by atoms with Gasteiger partial charge in [-0.2, -0.15) is 0 Å². The molecule has 2 N–H and O–H groups in total. The highest BCUT2D eigenvalue weighted by atomic mass is 16.5. The van der Waals surface area contributed by atoms with E-state index in [1.807, 2.05) is 0 Å². The summed E-state index contributed by atoms with van der Waals surface area (Å²) in [5.41, 5.74) is 1.38. The molecule has 28 heavy (non-hydrogen) atoms. The Kier molecular flexibility index (Phi) is 9.22. The lowest BCUT2D eigenvalue weighted by Gasteiger charge is -2.40. The zero-order chi connectivity index (χ0) is 20.4. The standard InChI is InChI=1S/C22H39N5O/c1-6-23-21(25-18-22(2,3)27-12-14-28-15-13-27)24-17-20(26(4)5)16-19-10-8-7-9-11-19/h7-11,20H,6,12-18H2,1-5H3,(H2,23,24,25). The van der Waals surface area contributed by atoms with Crippen molar-refractivity contribution in [2.45, 2.75) is 38.8 Å². The number of hydrogen-bond acceptors (Lipinski definition) is 4. The summed E-state index contributed by atoms with van der Waals surface area (Å²) in [6, 6.07) is 11.1. The molecule has 6 heteroatoms. The van der Waals surface area contributed by atoms with Crippen molar-refractivity contribution in [3.63, 3.8) is 0 Å². The largest absolute Gasteiger partial charge is 0.379 e. The van der Waals surface area contributed by atoms with Gasteiger partial charge >= 0.3 is 0 Å². The molecular formula is C22H39N5O. The van der Waals surface area contributed by atoms with Crippen LogP contribution in [0.4, 0.5) is 0 Å². The van der Waals surface area contributed by atoms with Crippen LogP contribution in [0.2, 0.25) is 0 Å². The Balaban J connectivity index is 1.94. The van der Waals surface area contributed by atoms with Crippen LogP contribution in [0.5, 0.6) is 0 Å². The highest BCUT2D eigenvalue weighted by molar-refractivity contribution is 5.79. The molecule has 0 amide bonds. The summed E-state index contributed by atoms with van der Waals surface area (Å²) >= 11 is 0. The van der Waals surface area contributed by atoms with Crippen LogP contribution in [-0.4, -0.2) is 87.4 Å². The number of nitrogens with zero attached hydrogens (tertiary/aromatic N) is 3. The molecule has 0 aromatic heterocycles. The van der Waals surface area contributed by atoms with E-state index in [-0.39, 0.29) is 5.54 Å². The van der Waals surface area contributed by atoms with E-state index >= 15 is 0 Å². The number of guanidine groups is 1. The molecule has 1 aliphatic rings. The Morgan fingerprint density at radius 2 is 1.86 bits per heavy atom. The van der Waals surface area contributed by atoms with Crippen molar-refractivity contribution >= 4 is 5.96 Å². The van der Waals surface area contributed by atoms with Gasteiger partial charge in [0.15, 0.2) is 5.96 Å². The summed E-state index contributed by atoms with van der Waals surface area (Å²) in [5.74, 6) is 0.892. The van der Waals surface area contributed by atoms with E-state index in [1.54, 1.807) is 0 Å². The molecule has 1 unspecified atom stereocenters. The normalized spacial score (nSPS) is 17.6. The van der Waals surface area contributed by atoms with E-state index in [0.717, 1.165) is 58.3 Å². The van der Waals surface area contributed by atoms with Gasteiger partial charge in [-0.25, -0.2) is 0 Å². The van der Waals surface area contributed by atoms with Crippen LogP contribution < -0.4 is 10.6 Å². The van der Waals surface area contributed by atoms with Crippen molar-refractivity contribution in [3.8, 4) is 0 Å². The van der Waals surface area contributed by atoms with Crippen molar-refractivity contribution in [1.82, 2.24) is 20.4 Å². The molecule has 1 aliphatic heterocycles. The summed E-state index contributed by atoms with van der Waals surface area (Å²) in [7, 11) is 4.28. The highest BCUT2D eigenvalue weighted by Crippen LogP contribution is 2.16. The minimum absolute atomic E-state index is 0.0249. The summed E-state index contributed by atoms with van der Waals surface area (Å²) in [6.45, 7) is 12.7. The van der Waals surface area contributed by atoms with Crippen molar-refractivity contribution in [3.05, 3.63) is 35.9 Å². The van der Waals surface area contributed by atoms with Gasteiger partial charge < -0.3 is 20.3 Å². The van der Waals surface area contributed by atoms with Crippen LogP contribution in [0.3, 0.4) is 0 Å². The van der Waals surface area contributed by atoms with Crippen molar-refractivity contribution in [2.24, 2.45) is 4.99 Å². The third kappa shape index (κ3) is 7.41. The molecule has 1 aromatic carbocycles. The molecule has 2 rings (SSSR count). The third-order valence-electron chi connectivity index (χ3n) is 5.39.